The first kappa shape index (κ1) is 13.8. The van der Waals surface area contributed by atoms with Crippen LogP contribution in [0.2, 0.25) is 0 Å². The van der Waals surface area contributed by atoms with Crippen molar-refractivity contribution in [3.8, 4) is 0 Å². The molecule has 3 nitrogen and oxygen atoms in total. The number of hydrogen-bond donors (Lipinski definition) is 0. The first-order valence-electron chi connectivity index (χ1n) is 5.32. The zero-order valence-electron chi connectivity index (χ0n) is 9.79. The Kier molecular flexibility index (Phi) is 8.53. The van der Waals surface area contributed by atoms with Gasteiger partial charge in [0.25, 0.3) is 0 Å². The molecule has 0 amide bonds. The Morgan fingerprint density at radius 2 is 2.00 bits per heavy atom. The molecule has 0 aliphatic heterocycles. The number of hydrogen-bond acceptors (Lipinski definition) is 3. The summed E-state index contributed by atoms with van der Waals surface area (Å²) in [6.07, 6.45) is 8.58. The summed E-state index contributed by atoms with van der Waals surface area (Å²) in [6, 6.07) is 0. The molecular formula is C12H20O3. The van der Waals surface area contributed by atoms with Crippen molar-refractivity contribution in [1.82, 2.24) is 0 Å². The first-order valence-corrected chi connectivity index (χ1v) is 5.32. The van der Waals surface area contributed by atoms with Gasteiger partial charge < -0.3 is 9.47 Å². The third kappa shape index (κ3) is 6.77. The lowest BCUT2D eigenvalue weighted by Gasteiger charge is -2.05. The van der Waals surface area contributed by atoms with Crippen LogP contribution in [0.15, 0.2) is 24.0 Å². The highest BCUT2D eigenvalue weighted by molar-refractivity contribution is 5.86. The maximum absolute atomic E-state index is 11.2. The molecule has 0 aliphatic carbocycles. The molecule has 0 aromatic rings. The van der Waals surface area contributed by atoms with E-state index in [0.29, 0.717) is 12.4 Å². The minimum atomic E-state index is -0.416. The van der Waals surface area contributed by atoms with Crippen LogP contribution in [-0.4, -0.2) is 19.7 Å². The largest absolute Gasteiger partial charge is 0.483 e. The summed E-state index contributed by atoms with van der Waals surface area (Å²) in [5.74, 6) is -0.123. The number of unbranched alkanes of at least 4 members (excludes halogenated alkanes) is 1. The third-order valence-electron chi connectivity index (χ3n) is 1.73. The predicted octanol–water partition coefficient (Wildman–Crippen LogP) is 2.83. The molecule has 0 saturated carbocycles. The molecule has 0 N–H and O–H groups in total. The Morgan fingerprint density at radius 1 is 1.27 bits per heavy atom. The molecule has 0 heterocycles. The number of rotatable bonds is 7. The second kappa shape index (κ2) is 9.31. The fourth-order valence-electron chi connectivity index (χ4n) is 0.978. The molecule has 86 valence electrons. The van der Waals surface area contributed by atoms with E-state index in [2.05, 4.69) is 11.7 Å². The van der Waals surface area contributed by atoms with Gasteiger partial charge in [-0.15, -0.1) is 0 Å². The van der Waals surface area contributed by atoms with E-state index in [0.717, 1.165) is 19.3 Å². The average Bonchev–Trinajstić information content (AvgIpc) is 2.26. The van der Waals surface area contributed by atoms with Gasteiger partial charge in [0.2, 0.25) is 5.76 Å². The van der Waals surface area contributed by atoms with Crippen molar-refractivity contribution < 1.29 is 14.3 Å². The van der Waals surface area contributed by atoms with Crippen LogP contribution in [0.4, 0.5) is 0 Å². The second-order valence-electron chi connectivity index (χ2n) is 3.04. The Hall–Kier alpha value is -1.25. The van der Waals surface area contributed by atoms with Crippen LogP contribution in [-0.2, 0) is 14.3 Å². The molecular weight excluding hydrogens is 192 g/mol. The molecule has 0 aliphatic rings. The van der Waals surface area contributed by atoms with Gasteiger partial charge in [0, 0.05) is 0 Å². The lowest BCUT2D eigenvalue weighted by atomic mass is 10.3. The van der Waals surface area contributed by atoms with Crippen LogP contribution < -0.4 is 0 Å². The van der Waals surface area contributed by atoms with Crippen molar-refractivity contribution in [3.63, 3.8) is 0 Å². The highest BCUT2D eigenvalue weighted by atomic mass is 16.6. The van der Waals surface area contributed by atoms with Crippen molar-refractivity contribution in [2.75, 3.05) is 13.7 Å². The Bertz CT molecular complexity index is 229. The standard InChI is InChI=1S/C12H20O3/c1-4-6-7-8-10-15-11(9-5-2)12(13)14-3/h7-9H,4-6,10H2,1-3H3/b8-7-,11-9+. The summed E-state index contributed by atoms with van der Waals surface area (Å²) in [6.45, 7) is 4.47. The van der Waals surface area contributed by atoms with E-state index in [1.165, 1.54) is 7.11 Å². The van der Waals surface area contributed by atoms with E-state index in [-0.39, 0.29) is 0 Å². The van der Waals surface area contributed by atoms with Gasteiger partial charge in [-0.1, -0.05) is 32.4 Å². The Balaban J connectivity index is 3.98. The molecule has 3 heteroatoms. The minimum absolute atomic E-state index is 0.293. The van der Waals surface area contributed by atoms with Crippen molar-refractivity contribution in [3.05, 3.63) is 24.0 Å². The quantitative estimate of drug-likeness (QED) is 0.282. The number of carbonyl (C=O) groups excluding carboxylic acids is 1. The summed E-state index contributed by atoms with van der Waals surface area (Å²) in [5, 5.41) is 0. The van der Waals surface area contributed by atoms with E-state index >= 15 is 0 Å². The summed E-state index contributed by atoms with van der Waals surface area (Å²) in [7, 11) is 1.35. The smallest absolute Gasteiger partial charge is 0.372 e. The Morgan fingerprint density at radius 3 is 2.53 bits per heavy atom. The van der Waals surface area contributed by atoms with Gasteiger partial charge in [-0.25, -0.2) is 4.79 Å². The van der Waals surface area contributed by atoms with E-state index in [4.69, 9.17) is 4.74 Å². The monoisotopic (exact) mass is 212 g/mol. The number of methoxy groups -OCH3 is 1. The minimum Gasteiger partial charge on any atom is -0.483 e. The molecule has 0 fully saturated rings. The molecule has 0 bridgehead atoms. The highest BCUT2D eigenvalue weighted by Crippen LogP contribution is 2.02. The summed E-state index contributed by atoms with van der Waals surface area (Å²) in [4.78, 5) is 11.2. The zero-order chi connectivity index (χ0) is 11.5. The number of carbonyl (C=O) groups is 1. The van der Waals surface area contributed by atoms with E-state index < -0.39 is 5.97 Å². The molecule has 0 unspecified atom stereocenters. The van der Waals surface area contributed by atoms with E-state index in [1.807, 2.05) is 19.1 Å². The molecule has 0 spiro atoms. The van der Waals surface area contributed by atoms with Crippen molar-refractivity contribution in [1.29, 1.82) is 0 Å². The number of esters is 1. The van der Waals surface area contributed by atoms with Crippen LogP contribution in [0.3, 0.4) is 0 Å². The average molecular weight is 212 g/mol. The van der Waals surface area contributed by atoms with E-state index in [9.17, 15) is 4.79 Å². The maximum atomic E-state index is 11.2. The summed E-state index contributed by atoms with van der Waals surface area (Å²) >= 11 is 0. The SMILES string of the molecule is CC/C=C(/OC/C=C\CCC)C(=O)OC. The van der Waals surface area contributed by atoms with E-state index in [1.54, 1.807) is 6.08 Å². The molecule has 0 saturated heterocycles. The fourth-order valence-corrected chi connectivity index (χ4v) is 0.978. The summed E-state index contributed by atoms with van der Waals surface area (Å²) < 4.78 is 9.87. The Labute approximate surface area is 91.8 Å². The van der Waals surface area contributed by atoms with Gasteiger partial charge in [0.1, 0.15) is 6.61 Å². The zero-order valence-corrected chi connectivity index (χ0v) is 9.79. The lowest BCUT2D eigenvalue weighted by molar-refractivity contribution is -0.139. The van der Waals surface area contributed by atoms with Gasteiger partial charge >= 0.3 is 5.97 Å². The first-order chi connectivity index (χ1) is 7.26. The molecule has 0 aromatic heterocycles. The van der Waals surface area contributed by atoms with Gasteiger partial charge in [-0.3, -0.25) is 0 Å². The van der Waals surface area contributed by atoms with Crippen LogP contribution in [0.1, 0.15) is 33.1 Å². The number of ether oxygens (including phenoxy) is 2. The molecule has 0 atom stereocenters. The topological polar surface area (TPSA) is 35.5 Å². The lowest BCUT2D eigenvalue weighted by Crippen LogP contribution is -2.08. The van der Waals surface area contributed by atoms with Crippen LogP contribution in [0, 0.1) is 0 Å². The second-order valence-corrected chi connectivity index (χ2v) is 3.04. The van der Waals surface area contributed by atoms with Crippen molar-refractivity contribution >= 4 is 5.97 Å². The molecule has 0 aromatic carbocycles. The fraction of sp³-hybridized carbons (Fsp3) is 0.583. The van der Waals surface area contributed by atoms with Gasteiger partial charge in [0.05, 0.1) is 7.11 Å². The van der Waals surface area contributed by atoms with Gasteiger partial charge in [-0.2, -0.15) is 0 Å². The van der Waals surface area contributed by atoms with Crippen molar-refractivity contribution in [2.45, 2.75) is 33.1 Å². The normalized spacial score (nSPS) is 11.8. The highest BCUT2D eigenvalue weighted by Gasteiger charge is 2.08. The molecule has 15 heavy (non-hydrogen) atoms. The predicted molar refractivity (Wildman–Crippen MR) is 60.4 cm³/mol. The maximum Gasteiger partial charge on any atom is 0.372 e. The van der Waals surface area contributed by atoms with Gasteiger partial charge in [0.15, 0.2) is 0 Å². The van der Waals surface area contributed by atoms with Crippen LogP contribution in [0.25, 0.3) is 0 Å². The van der Waals surface area contributed by atoms with Crippen molar-refractivity contribution in [2.24, 2.45) is 0 Å². The van der Waals surface area contributed by atoms with Crippen LogP contribution in [0.5, 0.6) is 0 Å². The molecule has 0 rings (SSSR count). The van der Waals surface area contributed by atoms with Gasteiger partial charge in [-0.05, 0) is 18.9 Å². The third-order valence-corrected chi connectivity index (χ3v) is 1.73. The van der Waals surface area contributed by atoms with Crippen LogP contribution >= 0.6 is 0 Å². The summed E-state index contributed by atoms with van der Waals surface area (Å²) in [5.41, 5.74) is 0. The number of allylic oxidation sites excluding steroid dienone is 2. The molecule has 0 radical (unpaired) electrons.